The van der Waals surface area contributed by atoms with Gasteiger partial charge in [-0.25, -0.2) is 13.4 Å². The average Bonchev–Trinajstić information content (AvgIpc) is 2.72. The smallest absolute Gasteiger partial charge is 0.302 e. The summed E-state index contributed by atoms with van der Waals surface area (Å²) in [4.78, 5) is 3.97. The van der Waals surface area contributed by atoms with E-state index in [0.29, 0.717) is 5.82 Å². The highest BCUT2D eigenvalue weighted by atomic mass is 32.2. The third kappa shape index (κ3) is 3.54. The van der Waals surface area contributed by atoms with E-state index < -0.39 is 21.8 Å². The number of nitrogens with one attached hydrogen (secondary N) is 1. The van der Waals surface area contributed by atoms with Crippen LogP contribution in [-0.2, 0) is 16.2 Å². The number of hydrogen-bond acceptors (Lipinski definition) is 3. The van der Waals surface area contributed by atoms with Gasteiger partial charge >= 0.3 is 6.18 Å². The van der Waals surface area contributed by atoms with Gasteiger partial charge in [0.1, 0.15) is 5.82 Å². The van der Waals surface area contributed by atoms with Crippen LogP contribution in [0.25, 0.3) is 5.69 Å². The Bertz CT molecular complexity index is 766. The molecule has 2 aromatic rings. The lowest BCUT2D eigenvalue weighted by atomic mass is 10.1. The summed E-state index contributed by atoms with van der Waals surface area (Å²) in [5.41, 5.74) is -0.827. The van der Waals surface area contributed by atoms with Crippen LogP contribution in [0.15, 0.2) is 30.6 Å². The molecule has 0 aliphatic heterocycles. The van der Waals surface area contributed by atoms with Crippen LogP contribution in [-0.4, -0.2) is 24.2 Å². The number of sulfonamides is 1. The van der Waals surface area contributed by atoms with Crippen molar-refractivity contribution >= 4 is 15.7 Å². The molecule has 0 atom stereocenters. The summed E-state index contributed by atoms with van der Waals surface area (Å²) in [5, 5.41) is 0. The number of nitrogens with zero attached hydrogens (tertiary/aromatic N) is 2. The maximum Gasteiger partial charge on any atom is 0.416 e. The maximum atomic E-state index is 12.8. The highest BCUT2D eigenvalue weighted by molar-refractivity contribution is 7.92. The SMILES string of the molecule is Cc1nccn1-c1ccc(C(F)(F)F)cc1NS(C)(=O)=O. The van der Waals surface area contributed by atoms with E-state index in [4.69, 9.17) is 0 Å². The standard InChI is InChI=1S/C12H12F3N3O2S/c1-8-16-5-6-18(8)11-4-3-9(12(13,14)15)7-10(11)17-21(2,19)20/h3-7,17H,1-2H3. The quantitative estimate of drug-likeness (QED) is 0.946. The minimum absolute atomic E-state index is 0.159. The third-order valence-electron chi connectivity index (χ3n) is 2.70. The topological polar surface area (TPSA) is 64.0 Å². The monoisotopic (exact) mass is 319 g/mol. The van der Waals surface area contributed by atoms with Crippen LogP contribution in [0.2, 0.25) is 0 Å². The zero-order valence-electron chi connectivity index (χ0n) is 11.1. The van der Waals surface area contributed by atoms with Crippen LogP contribution >= 0.6 is 0 Å². The molecule has 0 fully saturated rings. The molecule has 0 spiro atoms. The zero-order chi connectivity index (χ0) is 15.8. The summed E-state index contributed by atoms with van der Waals surface area (Å²) in [6.07, 6.45) is -0.684. The molecule has 9 heteroatoms. The lowest BCUT2D eigenvalue weighted by Crippen LogP contribution is -2.14. The van der Waals surface area contributed by atoms with Gasteiger partial charge in [0.2, 0.25) is 10.0 Å². The van der Waals surface area contributed by atoms with Crippen molar-refractivity contribution in [1.82, 2.24) is 9.55 Å². The van der Waals surface area contributed by atoms with Crippen molar-refractivity contribution in [3.63, 3.8) is 0 Å². The Morgan fingerprint density at radius 2 is 1.95 bits per heavy atom. The number of alkyl halides is 3. The molecule has 1 aromatic heterocycles. The van der Waals surface area contributed by atoms with E-state index in [2.05, 4.69) is 9.71 Å². The van der Waals surface area contributed by atoms with Crippen molar-refractivity contribution in [2.75, 3.05) is 11.0 Å². The van der Waals surface area contributed by atoms with Gasteiger partial charge in [0, 0.05) is 12.4 Å². The van der Waals surface area contributed by atoms with Gasteiger partial charge in [-0.15, -0.1) is 0 Å². The Morgan fingerprint density at radius 1 is 1.29 bits per heavy atom. The van der Waals surface area contributed by atoms with Gasteiger partial charge in [-0.2, -0.15) is 13.2 Å². The molecule has 0 saturated heterocycles. The summed E-state index contributed by atoms with van der Waals surface area (Å²) in [6.45, 7) is 1.65. The molecule has 0 aliphatic rings. The second-order valence-electron chi connectivity index (χ2n) is 4.45. The highest BCUT2D eigenvalue weighted by Crippen LogP contribution is 2.33. The number of aromatic nitrogens is 2. The fraction of sp³-hybridized carbons (Fsp3) is 0.250. The fourth-order valence-corrected chi connectivity index (χ4v) is 2.40. The molecule has 0 saturated carbocycles. The molecule has 0 bridgehead atoms. The maximum absolute atomic E-state index is 12.8. The second-order valence-corrected chi connectivity index (χ2v) is 6.20. The molecule has 2 rings (SSSR count). The Hall–Kier alpha value is -2.03. The van der Waals surface area contributed by atoms with Crippen LogP contribution in [0.1, 0.15) is 11.4 Å². The second kappa shape index (κ2) is 5.06. The third-order valence-corrected chi connectivity index (χ3v) is 3.30. The van der Waals surface area contributed by atoms with Crippen molar-refractivity contribution in [2.45, 2.75) is 13.1 Å². The van der Waals surface area contributed by atoms with Crippen LogP contribution in [0.3, 0.4) is 0 Å². The van der Waals surface area contributed by atoms with Gasteiger partial charge in [-0.3, -0.25) is 4.72 Å². The molecule has 0 aliphatic carbocycles. The molecular formula is C12H12F3N3O2S. The molecule has 1 heterocycles. The first-order chi connectivity index (χ1) is 9.58. The molecule has 0 unspecified atom stereocenters. The molecule has 0 radical (unpaired) electrons. The number of rotatable bonds is 3. The van der Waals surface area contributed by atoms with Crippen molar-refractivity contribution in [3.05, 3.63) is 42.0 Å². The molecule has 5 nitrogen and oxygen atoms in total. The van der Waals surface area contributed by atoms with E-state index in [1.165, 1.54) is 23.0 Å². The first-order valence-corrected chi connectivity index (χ1v) is 7.66. The Kier molecular flexibility index (Phi) is 3.70. The van der Waals surface area contributed by atoms with Gasteiger partial charge in [-0.1, -0.05) is 0 Å². The van der Waals surface area contributed by atoms with E-state index in [9.17, 15) is 21.6 Å². The fourth-order valence-electron chi connectivity index (χ4n) is 1.84. The van der Waals surface area contributed by atoms with Gasteiger partial charge in [0.15, 0.2) is 0 Å². The van der Waals surface area contributed by atoms with E-state index in [1.54, 1.807) is 6.92 Å². The van der Waals surface area contributed by atoms with Crippen molar-refractivity contribution < 1.29 is 21.6 Å². The number of anilines is 1. The van der Waals surface area contributed by atoms with Crippen LogP contribution < -0.4 is 4.72 Å². The summed E-state index contributed by atoms with van der Waals surface area (Å²) in [6, 6.07) is 2.85. The van der Waals surface area contributed by atoms with E-state index in [0.717, 1.165) is 18.4 Å². The summed E-state index contributed by atoms with van der Waals surface area (Å²) in [5.74, 6) is 0.520. The van der Waals surface area contributed by atoms with Gasteiger partial charge in [0.25, 0.3) is 0 Å². The Morgan fingerprint density at radius 3 is 2.43 bits per heavy atom. The molecule has 0 amide bonds. The summed E-state index contributed by atoms with van der Waals surface area (Å²) >= 11 is 0. The van der Waals surface area contributed by atoms with Crippen LogP contribution in [0, 0.1) is 6.92 Å². The lowest BCUT2D eigenvalue weighted by Gasteiger charge is -2.15. The van der Waals surface area contributed by atoms with Crippen molar-refractivity contribution in [3.8, 4) is 5.69 Å². The van der Waals surface area contributed by atoms with Gasteiger partial charge < -0.3 is 4.57 Å². The average molecular weight is 319 g/mol. The minimum atomic E-state index is -4.56. The Labute approximate surface area is 119 Å². The predicted molar refractivity (Wildman–Crippen MR) is 71.8 cm³/mol. The number of imidazole rings is 1. The minimum Gasteiger partial charge on any atom is -0.302 e. The molecule has 1 aromatic carbocycles. The van der Waals surface area contributed by atoms with Crippen molar-refractivity contribution in [2.24, 2.45) is 0 Å². The predicted octanol–water partition coefficient (Wildman–Crippen LogP) is 2.57. The molecule has 21 heavy (non-hydrogen) atoms. The first kappa shape index (κ1) is 15.4. The zero-order valence-corrected chi connectivity index (χ0v) is 12.0. The molecular weight excluding hydrogens is 307 g/mol. The normalized spacial score (nSPS) is 12.4. The van der Waals surface area contributed by atoms with Gasteiger partial charge in [0.05, 0.1) is 23.2 Å². The lowest BCUT2D eigenvalue weighted by molar-refractivity contribution is -0.137. The molecule has 114 valence electrons. The summed E-state index contributed by atoms with van der Waals surface area (Å²) in [7, 11) is -3.72. The van der Waals surface area contributed by atoms with E-state index in [1.807, 2.05) is 0 Å². The highest BCUT2D eigenvalue weighted by Gasteiger charge is 2.31. The molecule has 1 N–H and O–H groups in total. The number of benzene rings is 1. The van der Waals surface area contributed by atoms with E-state index in [-0.39, 0.29) is 11.4 Å². The van der Waals surface area contributed by atoms with Crippen LogP contribution in [0.5, 0.6) is 0 Å². The largest absolute Gasteiger partial charge is 0.416 e. The van der Waals surface area contributed by atoms with Crippen molar-refractivity contribution in [1.29, 1.82) is 0 Å². The number of hydrogen-bond donors (Lipinski definition) is 1. The first-order valence-electron chi connectivity index (χ1n) is 5.77. The Balaban J connectivity index is 2.63. The number of halogens is 3. The van der Waals surface area contributed by atoms with E-state index >= 15 is 0 Å². The van der Waals surface area contributed by atoms with Crippen LogP contribution in [0.4, 0.5) is 18.9 Å². The van der Waals surface area contributed by atoms with Gasteiger partial charge in [-0.05, 0) is 25.1 Å². The summed E-state index contributed by atoms with van der Waals surface area (Å²) < 4.78 is 64.6. The number of aryl methyl sites for hydroxylation is 1.